The number of halogens is 2. The van der Waals surface area contributed by atoms with Crippen molar-refractivity contribution >= 4 is 42.9 Å². The number of fused-ring (bicyclic) bond motifs is 1. The van der Waals surface area contributed by atoms with Gasteiger partial charge in [-0.25, -0.2) is 4.79 Å². The van der Waals surface area contributed by atoms with Gasteiger partial charge in [0, 0.05) is 15.2 Å². The first-order valence-corrected chi connectivity index (χ1v) is 7.92. The summed E-state index contributed by atoms with van der Waals surface area (Å²) in [6.45, 7) is 2.87. The molecule has 4 nitrogen and oxygen atoms in total. The predicted octanol–water partition coefficient (Wildman–Crippen LogP) is 3.48. The minimum absolute atomic E-state index is 0.178. The molecule has 0 saturated carbocycles. The van der Waals surface area contributed by atoms with Gasteiger partial charge in [-0.3, -0.25) is 0 Å². The van der Waals surface area contributed by atoms with Crippen molar-refractivity contribution in [2.45, 2.75) is 24.3 Å². The molecule has 1 aliphatic heterocycles. The summed E-state index contributed by atoms with van der Waals surface area (Å²) in [5.74, 6) is 0.453. The van der Waals surface area contributed by atoms with Crippen LogP contribution in [0.15, 0.2) is 21.4 Å². The lowest BCUT2D eigenvalue weighted by molar-refractivity contribution is 0.120. The summed E-state index contributed by atoms with van der Waals surface area (Å²) in [4.78, 5) is 17.1. The summed E-state index contributed by atoms with van der Waals surface area (Å²) in [7, 11) is 0. The second-order valence-corrected chi connectivity index (χ2v) is 6.88. The number of aromatic nitrogens is 2. The van der Waals surface area contributed by atoms with Gasteiger partial charge in [0.05, 0.1) is 23.7 Å². The fourth-order valence-electron chi connectivity index (χ4n) is 2.59. The number of alkyl halides is 1. The van der Waals surface area contributed by atoms with Crippen molar-refractivity contribution < 1.29 is 4.74 Å². The molecule has 6 heteroatoms. The number of imidazole rings is 1. The molecule has 1 aromatic heterocycles. The van der Waals surface area contributed by atoms with Crippen LogP contribution in [0.25, 0.3) is 11.0 Å². The molecule has 0 aliphatic carbocycles. The van der Waals surface area contributed by atoms with E-state index in [4.69, 9.17) is 4.74 Å². The largest absolute Gasteiger partial charge is 0.378 e. The van der Waals surface area contributed by atoms with E-state index in [9.17, 15) is 4.79 Å². The number of hydrogen-bond donors (Lipinski definition) is 2. The van der Waals surface area contributed by atoms with Gasteiger partial charge in [-0.1, -0.05) is 31.9 Å². The summed E-state index contributed by atoms with van der Waals surface area (Å²) in [5, 5.41) is 0. The van der Waals surface area contributed by atoms with Gasteiger partial charge in [-0.2, -0.15) is 0 Å². The Balaban J connectivity index is 1.99. The SMILES string of the molecule is CC1CC(C(Br)c2cc3[nH]c(=O)[nH]c3cc2Br)CO1. The molecular weight excluding hydrogens is 376 g/mol. The Morgan fingerprint density at radius 3 is 2.68 bits per heavy atom. The molecule has 1 fully saturated rings. The number of benzene rings is 1. The molecule has 19 heavy (non-hydrogen) atoms. The molecule has 2 aromatic rings. The van der Waals surface area contributed by atoms with E-state index in [1.54, 1.807) is 0 Å². The quantitative estimate of drug-likeness (QED) is 0.772. The molecule has 0 spiro atoms. The number of ether oxygens (including phenoxy) is 1. The molecular formula is C13H14Br2N2O2. The fraction of sp³-hybridized carbons (Fsp3) is 0.462. The van der Waals surface area contributed by atoms with Crippen molar-refractivity contribution in [1.82, 2.24) is 9.97 Å². The Bertz CT molecular complexity index is 664. The van der Waals surface area contributed by atoms with Crippen LogP contribution in [0.5, 0.6) is 0 Å². The van der Waals surface area contributed by atoms with E-state index in [1.165, 1.54) is 0 Å². The second-order valence-electron chi connectivity index (χ2n) is 5.04. The van der Waals surface area contributed by atoms with E-state index in [2.05, 4.69) is 48.8 Å². The number of nitrogens with one attached hydrogen (secondary N) is 2. The minimum Gasteiger partial charge on any atom is -0.378 e. The van der Waals surface area contributed by atoms with Crippen LogP contribution in [0, 0.1) is 5.92 Å². The van der Waals surface area contributed by atoms with Gasteiger partial charge in [0.25, 0.3) is 0 Å². The van der Waals surface area contributed by atoms with E-state index >= 15 is 0 Å². The predicted molar refractivity (Wildman–Crippen MR) is 81.8 cm³/mol. The highest BCUT2D eigenvalue weighted by atomic mass is 79.9. The molecule has 3 atom stereocenters. The lowest BCUT2D eigenvalue weighted by atomic mass is 9.96. The van der Waals surface area contributed by atoms with Gasteiger partial charge in [0.2, 0.25) is 0 Å². The van der Waals surface area contributed by atoms with Crippen LogP contribution < -0.4 is 5.69 Å². The molecule has 0 bridgehead atoms. The van der Waals surface area contributed by atoms with E-state index in [0.29, 0.717) is 12.0 Å². The molecule has 2 N–H and O–H groups in total. The highest BCUT2D eigenvalue weighted by Gasteiger charge is 2.30. The minimum atomic E-state index is -0.178. The fourth-order valence-corrected chi connectivity index (χ4v) is 4.24. The number of aromatic amines is 2. The molecule has 3 unspecified atom stereocenters. The average molecular weight is 390 g/mol. The van der Waals surface area contributed by atoms with Gasteiger partial charge in [-0.15, -0.1) is 0 Å². The smallest absolute Gasteiger partial charge is 0.323 e. The zero-order chi connectivity index (χ0) is 13.6. The van der Waals surface area contributed by atoms with Gasteiger partial charge >= 0.3 is 5.69 Å². The molecule has 3 rings (SSSR count). The summed E-state index contributed by atoms with van der Waals surface area (Å²) >= 11 is 7.35. The number of rotatable bonds is 2. The van der Waals surface area contributed by atoms with Crippen LogP contribution in [0.2, 0.25) is 0 Å². The summed E-state index contributed by atoms with van der Waals surface area (Å²) in [5.41, 5.74) is 2.62. The molecule has 1 aromatic carbocycles. The monoisotopic (exact) mass is 388 g/mol. The Hall–Kier alpha value is -0.590. The van der Waals surface area contributed by atoms with Crippen molar-refractivity contribution in [2.24, 2.45) is 5.92 Å². The van der Waals surface area contributed by atoms with Crippen LogP contribution >= 0.6 is 31.9 Å². The van der Waals surface area contributed by atoms with E-state index in [-0.39, 0.29) is 10.5 Å². The van der Waals surface area contributed by atoms with Crippen LogP contribution in [0.1, 0.15) is 23.7 Å². The highest BCUT2D eigenvalue weighted by molar-refractivity contribution is 9.11. The Kier molecular flexibility index (Phi) is 3.57. The van der Waals surface area contributed by atoms with Gasteiger partial charge < -0.3 is 14.7 Å². The molecule has 1 saturated heterocycles. The number of hydrogen-bond acceptors (Lipinski definition) is 2. The summed E-state index contributed by atoms with van der Waals surface area (Å²) in [6.07, 6.45) is 1.36. The first-order chi connectivity index (χ1) is 9.04. The third kappa shape index (κ3) is 2.53. The molecule has 0 amide bonds. The zero-order valence-electron chi connectivity index (χ0n) is 10.4. The van der Waals surface area contributed by atoms with Gasteiger partial charge in [-0.05, 0) is 31.0 Å². The summed E-state index contributed by atoms with van der Waals surface area (Å²) in [6, 6.07) is 3.95. The van der Waals surface area contributed by atoms with Crippen molar-refractivity contribution in [1.29, 1.82) is 0 Å². The van der Waals surface area contributed by atoms with Crippen molar-refractivity contribution in [3.63, 3.8) is 0 Å². The van der Waals surface area contributed by atoms with Gasteiger partial charge in [0.1, 0.15) is 0 Å². The Morgan fingerprint density at radius 2 is 2.05 bits per heavy atom. The normalized spacial score (nSPS) is 25.0. The first-order valence-electron chi connectivity index (χ1n) is 6.21. The van der Waals surface area contributed by atoms with E-state index in [1.807, 2.05) is 12.1 Å². The Labute approximate surface area is 127 Å². The molecule has 102 valence electrons. The highest BCUT2D eigenvalue weighted by Crippen LogP contribution is 2.41. The van der Waals surface area contributed by atoms with E-state index in [0.717, 1.165) is 34.1 Å². The first kappa shape index (κ1) is 13.4. The molecule has 1 aliphatic rings. The Morgan fingerprint density at radius 1 is 1.37 bits per heavy atom. The van der Waals surface area contributed by atoms with Crippen LogP contribution in [-0.2, 0) is 4.74 Å². The standard InChI is InChI=1S/C13H14Br2N2O2/c1-6-2-7(5-19-6)12(15)8-3-10-11(4-9(8)14)17-13(18)16-10/h3-4,6-7,12H,2,5H2,1H3,(H2,16,17,18). The lowest BCUT2D eigenvalue weighted by Gasteiger charge is -2.18. The maximum absolute atomic E-state index is 11.3. The summed E-state index contributed by atoms with van der Waals surface area (Å²) < 4.78 is 6.63. The van der Waals surface area contributed by atoms with Crippen molar-refractivity contribution in [2.75, 3.05) is 6.61 Å². The van der Waals surface area contributed by atoms with Crippen LogP contribution in [0.4, 0.5) is 0 Å². The third-order valence-electron chi connectivity index (χ3n) is 3.57. The van der Waals surface area contributed by atoms with Crippen molar-refractivity contribution in [3.05, 3.63) is 32.7 Å². The lowest BCUT2D eigenvalue weighted by Crippen LogP contribution is -2.08. The molecule has 0 radical (unpaired) electrons. The molecule has 2 heterocycles. The third-order valence-corrected chi connectivity index (χ3v) is 5.50. The average Bonchev–Trinajstić information content (AvgIpc) is 2.92. The topological polar surface area (TPSA) is 57.9 Å². The van der Waals surface area contributed by atoms with Crippen LogP contribution in [-0.4, -0.2) is 22.7 Å². The second kappa shape index (κ2) is 5.07. The van der Waals surface area contributed by atoms with E-state index < -0.39 is 0 Å². The van der Waals surface area contributed by atoms with Crippen LogP contribution in [0.3, 0.4) is 0 Å². The van der Waals surface area contributed by atoms with Gasteiger partial charge in [0.15, 0.2) is 0 Å². The maximum Gasteiger partial charge on any atom is 0.323 e. The van der Waals surface area contributed by atoms with Crippen molar-refractivity contribution in [3.8, 4) is 0 Å². The maximum atomic E-state index is 11.3. The zero-order valence-corrected chi connectivity index (χ0v) is 13.5. The number of H-pyrrole nitrogens is 2.